The van der Waals surface area contributed by atoms with Crippen molar-refractivity contribution in [3.8, 4) is 17.2 Å². The van der Waals surface area contributed by atoms with Crippen molar-refractivity contribution < 1.29 is 23.5 Å². The Hall–Kier alpha value is -3.41. The smallest absolute Gasteiger partial charge is 0.305 e. The lowest BCUT2D eigenvalue weighted by molar-refractivity contribution is -0.140. The van der Waals surface area contributed by atoms with Crippen LogP contribution < -0.4 is 4.74 Å². The fourth-order valence-electron chi connectivity index (χ4n) is 3.80. The quantitative estimate of drug-likeness (QED) is 0.292. The summed E-state index contributed by atoms with van der Waals surface area (Å²) < 4.78 is 16.2. The van der Waals surface area contributed by atoms with Crippen LogP contribution in [0.3, 0.4) is 0 Å². The number of methoxy groups -OCH3 is 2. The third-order valence-corrected chi connectivity index (χ3v) is 5.67. The number of ketones is 1. The van der Waals surface area contributed by atoms with Crippen molar-refractivity contribution in [1.82, 2.24) is 4.98 Å². The zero-order chi connectivity index (χ0) is 24.0. The molecule has 0 atom stereocenters. The number of nitrogens with zero attached hydrogens (tertiary/aromatic N) is 1. The predicted molar refractivity (Wildman–Crippen MR) is 127 cm³/mol. The molecule has 0 aliphatic heterocycles. The maximum atomic E-state index is 12.9. The fourth-order valence-corrected chi connectivity index (χ4v) is 3.80. The molecule has 1 aromatic heterocycles. The van der Waals surface area contributed by atoms with Gasteiger partial charge in [-0.05, 0) is 42.7 Å². The first-order chi connectivity index (χ1) is 15.8. The first-order valence-electron chi connectivity index (χ1n) is 11.2. The topological polar surface area (TPSA) is 78.6 Å². The number of ether oxygens (including phenoxy) is 2. The highest BCUT2D eigenvalue weighted by Gasteiger charge is 2.20. The lowest BCUT2D eigenvalue weighted by Gasteiger charge is -2.08. The molecule has 6 nitrogen and oxygen atoms in total. The minimum Gasteiger partial charge on any atom is -0.496 e. The highest BCUT2D eigenvalue weighted by atomic mass is 16.5. The molecule has 174 valence electrons. The average Bonchev–Trinajstić information content (AvgIpc) is 3.25. The molecule has 0 spiro atoms. The van der Waals surface area contributed by atoms with Gasteiger partial charge in [-0.2, -0.15) is 0 Å². The lowest BCUT2D eigenvalue weighted by atomic mass is 9.97. The van der Waals surface area contributed by atoms with Gasteiger partial charge in [-0.3, -0.25) is 9.59 Å². The number of aryl methyl sites for hydroxylation is 3. The molecule has 0 aliphatic rings. The van der Waals surface area contributed by atoms with Crippen LogP contribution in [0.2, 0.25) is 0 Å². The first kappa shape index (κ1) is 24.2. The van der Waals surface area contributed by atoms with Crippen molar-refractivity contribution in [1.29, 1.82) is 0 Å². The molecule has 0 aliphatic carbocycles. The van der Waals surface area contributed by atoms with E-state index in [0.29, 0.717) is 42.9 Å². The van der Waals surface area contributed by atoms with E-state index in [9.17, 15) is 9.59 Å². The Bertz CT molecular complexity index is 1130. The summed E-state index contributed by atoms with van der Waals surface area (Å²) in [4.78, 5) is 29.0. The molecular formula is C27H31NO5. The van der Waals surface area contributed by atoms with Crippen molar-refractivity contribution in [3.63, 3.8) is 0 Å². The molecular weight excluding hydrogens is 418 g/mol. The van der Waals surface area contributed by atoms with Gasteiger partial charge in [0.1, 0.15) is 11.5 Å². The van der Waals surface area contributed by atoms with Gasteiger partial charge >= 0.3 is 5.97 Å². The number of carbonyl (C=O) groups is 2. The number of Topliss-reactive ketones (excluding diaryl/α,β-unsaturated/α-hetero) is 1. The van der Waals surface area contributed by atoms with E-state index in [-0.39, 0.29) is 17.7 Å². The van der Waals surface area contributed by atoms with E-state index in [1.165, 1.54) is 7.11 Å². The van der Waals surface area contributed by atoms with Crippen molar-refractivity contribution >= 4 is 11.8 Å². The maximum Gasteiger partial charge on any atom is 0.305 e. The van der Waals surface area contributed by atoms with Crippen LogP contribution in [0.4, 0.5) is 0 Å². The molecule has 33 heavy (non-hydrogen) atoms. The third kappa shape index (κ3) is 5.89. The molecule has 3 rings (SSSR count). The molecule has 0 saturated heterocycles. The molecule has 0 radical (unpaired) electrons. The third-order valence-electron chi connectivity index (χ3n) is 5.67. The van der Waals surface area contributed by atoms with E-state index in [4.69, 9.17) is 18.9 Å². The number of hydrogen-bond donors (Lipinski definition) is 0. The van der Waals surface area contributed by atoms with E-state index < -0.39 is 0 Å². The van der Waals surface area contributed by atoms with Crippen molar-refractivity contribution in [2.45, 2.75) is 52.4 Å². The van der Waals surface area contributed by atoms with Crippen LogP contribution in [0.5, 0.6) is 5.75 Å². The predicted octanol–water partition coefficient (Wildman–Crippen LogP) is 5.70. The van der Waals surface area contributed by atoms with Crippen LogP contribution >= 0.6 is 0 Å². The van der Waals surface area contributed by atoms with E-state index >= 15 is 0 Å². The molecule has 3 aromatic rings. The summed E-state index contributed by atoms with van der Waals surface area (Å²) in [7, 11) is 3.00. The van der Waals surface area contributed by atoms with Crippen LogP contribution in [-0.4, -0.2) is 31.0 Å². The summed E-state index contributed by atoms with van der Waals surface area (Å²) in [6.45, 7) is 6.06. The molecule has 0 N–H and O–H groups in total. The molecule has 0 bridgehead atoms. The summed E-state index contributed by atoms with van der Waals surface area (Å²) in [5.41, 5.74) is 4.28. The number of oxazole rings is 1. The SMILES string of the molecule is COC(=O)CCc1ccc(C(=O)CCc2nc(-c3ccccc3OC)oc2C(C)C)cc1C. The first-order valence-corrected chi connectivity index (χ1v) is 11.2. The monoisotopic (exact) mass is 449 g/mol. The highest BCUT2D eigenvalue weighted by molar-refractivity contribution is 5.96. The highest BCUT2D eigenvalue weighted by Crippen LogP contribution is 2.33. The van der Waals surface area contributed by atoms with Gasteiger partial charge in [-0.25, -0.2) is 4.98 Å². The molecule has 0 amide bonds. The zero-order valence-electron chi connectivity index (χ0n) is 19.9. The second-order valence-corrected chi connectivity index (χ2v) is 8.33. The summed E-state index contributed by atoms with van der Waals surface area (Å²) in [6.07, 6.45) is 1.74. The molecule has 2 aromatic carbocycles. The van der Waals surface area contributed by atoms with Gasteiger partial charge < -0.3 is 13.9 Å². The number of esters is 1. The largest absolute Gasteiger partial charge is 0.496 e. The number of hydrogen-bond acceptors (Lipinski definition) is 6. The minimum atomic E-state index is -0.240. The standard InChI is InChI=1S/C27H31NO5/c1-17(2)26-22(28-27(33-26)21-8-6-7-9-24(21)31-4)13-14-23(29)20-11-10-19(18(3)16-20)12-15-25(30)32-5/h6-11,16-17H,12-15H2,1-5H3. The van der Waals surface area contributed by atoms with Crippen LogP contribution in [0, 0.1) is 6.92 Å². The second kappa shape index (κ2) is 10.9. The van der Waals surface area contributed by atoms with Gasteiger partial charge in [-0.1, -0.05) is 38.1 Å². The Kier molecular flexibility index (Phi) is 8.04. The Labute approximate surface area is 194 Å². The van der Waals surface area contributed by atoms with Crippen LogP contribution in [0.25, 0.3) is 11.5 Å². The summed E-state index contributed by atoms with van der Waals surface area (Å²) >= 11 is 0. The van der Waals surface area contributed by atoms with Gasteiger partial charge in [0.15, 0.2) is 5.78 Å². The van der Waals surface area contributed by atoms with Gasteiger partial charge in [0, 0.05) is 30.7 Å². The summed E-state index contributed by atoms with van der Waals surface area (Å²) in [5, 5.41) is 0. The fraction of sp³-hybridized carbons (Fsp3) is 0.370. The van der Waals surface area contributed by atoms with E-state index in [1.54, 1.807) is 7.11 Å². The Morgan fingerprint density at radius 1 is 1.03 bits per heavy atom. The van der Waals surface area contributed by atoms with Crippen molar-refractivity contribution in [3.05, 3.63) is 70.6 Å². The average molecular weight is 450 g/mol. The van der Waals surface area contributed by atoms with Gasteiger partial charge in [-0.15, -0.1) is 0 Å². The molecule has 0 unspecified atom stereocenters. The molecule has 0 saturated carbocycles. The second-order valence-electron chi connectivity index (χ2n) is 8.33. The number of aromatic nitrogens is 1. The zero-order valence-corrected chi connectivity index (χ0v) is 19.9. The number of carbonyl (C=O) groups excluding carboxylic acids is 2. The van der Waals surface area contributed by atoms with E-state index in [0.717, 1.165) is 28.1 Å². The van der Waals surface area contributed by atoms with Crippen molar-refractivity contribution in [2.75, 3.05) is 14.2 Å². The maximum absolute atomic E-state index is 12.9. The van der Waals surface area contributed by atoms with Crippen LogP contribution in [-0.2, 0) is 22.4 Å². The molecule has 6 heteroatoms. The van der Waals surface area contributed by atoms with Gasteiger partial charge in [0.2, 0.25) is 5.89 Å². The normalized spacial score (nSPS) is 11.0. The lowest BCUT2D eigenvalue weighted by Crippen LogP contribution is -2.06. The Morgan fingerprint density at radius 2 is 1.79 bits per heavy atom. The Balaban J connectivity index is 1.74. The number of rotatable bonds is 10. The van der Waals surface area contributed by atoms with E-state index in [2.05, 4.69) is 0 Å². The molecule has 1 heterocycles. The summed E-state index contributed by atoms with van der Waals surface area (Å²) in [5.74, 6) is 1.94. The van der Waals surface area contributed by atoms with Gasteiger partial charge in [0.05, 0.1) is 25.5 Å². The minimum absolute atomic E-state index is 0.0502. The van der Waals surface area contributed by atoms with Crippen LogP contribution in [0.1, 0.15) is 65.5 Å². The summed E-state index contributed by atoms with van der Waals surface area (Å²) in [6, 6.07) is 13.2. The molecule has 0 fully saturated rings. The number of para-hydroxylation sites is 1. The number of benzene rings is 2. The van der Waals surface area contributed by atoms with Gasteiger partial charge in [0.25, 0.3) is 0 Å². The van der Waals surface area contributed by atoms with Crippen LogP contribution in [0.15, 0.2) is 46.9 Å². The van der Waals surface area contributed by atoms with E-state index in [1.807, 2.05) is 63.2 Å². The Morgan fingerprint density at radius 3 is 2.45 bits per heavy atom. The van der Waals surface area contributed by atoms with Crippen molar-refractivity contribution in [2.24, 2.45) is 0 Å².